The molecular formula is C20H22N4O5S2. The molecule has 31 heavy (non-hydrogen) atoms. The first-order valence-corrected chi connectivity index (χ1v) is 11.8. The zero-order chi connectivity index (χ0) is 22.2. The van der Waals surface area contributed by atoms with Crippen molar-refractivity contribution in [3.63, 3.8) is 0 Å². The number of nitrogens with zero attached hydrogens (tertiary/aromatic N) is 4. The minimum absolute atomic E-state index is 0.0723. The number of anilines is 1. The van der Waals surface area contributed by atoms with Crippen LogP contribution in [0.1, 0.15) is 12.8 Å². The van der Waals surface area contributed by atoms with Crippen LogP contribution >= 0.6 is 11.7 Å². The highest BCUT2D eigenvalue weighted by molar-refractivity contribution is 7.89. The third-order valence-electron chi connectivity index (χ3n) is 5.40. The fourth-order valence-electron chi connectivity index (χ4n) is 3.79. The van der Waals surface area contributed by atoms with Crippen molar-refractivity contribution in [2.45, 2.75) is 23.8 Å². The number of likely N-dealkylation sites (N-methyl/N-ethyl adjacent to an activating group) is 1. The lowest BCUT2D eigenvalue weighted by atomic mass is 10.2. The van der Waals surface area contributed by atoms with Crippen LogP contribution in [0, 0.1) is 0 Å². The van der Waals surface area contributed by atoms with Gasteiger partial charge in [0.25, 0.3) is 0 Å². The maximum absolute atomic E-state index is 13.5. The van der Waals surface area contributed by atoms with Gasteiger partial charge in [0.15, 0.2) is 0 Å². The molecule has 1 aliphatic heterocycles. The highest BCUT2D eigenvalue weighted by atomic mass is 32.2. The lowest BCUT2D eigenvalue weighted by Crippen LogP contribution is -2.46. The van der Waals surface area contributed by atoms with Gasteiger partial charge in [0.05, 0.1) is 31.6 Å². The summed E-state index contributed by atoms with van der Waals surface area (Å²) in [6, 6.07) is 9.16. The summed E-state index contributed by atoms with van der Waals surface area (Å²) in [7, 11) is 0.729. The first-order valence-electron chi connectivity index (χ1n) is 9.61. The normalized spacial score (nSPS) is 17.1. The Morgan fingerprint density at radius 1 is 1.19 bits per heavy atom. The standard InChI is InChI=1S/C20H22N4O5S2/c1-23(15-10-9-13(28-2)12-17(15)29-3)20(25)16-7-5-11-24(16)31(26,27)18-8-4-6-14-19(18)22-30-21-14/h4,6,8-10,12,16H,5,7,11H2,1-3H3. The van der Waals surface area contributed by atoms with E-state index in [1.54, 1.807) is 44.5 Å². The van der Waals surface area contributed by atoms with Crippen LogP contribution in [0.25, 0.3) is 11.0 Å². The van der Waals surface area contributed by atoms with Gasteiger partial charge in [0, 0.05) is 19.7 Å². The first-order chi connectivity index (χ1) is 14.9. The number of fused-ring (bicyclic) bond motifs is 1. The van der Waals surface area contributed by atoms with Gasteiger partial charge in [0.2, 0.25) is 15.9 Å². The molecule has 0 bridgehead atoms. The summed E-state index contributed by atoms with van der Waals surface area (Å²) in [5.41, 5.74) is 1.38. The molecule has 1 amide bonds. The summed E-state index contributed by atoms with van der Waals surface area (Å²) in [4.78, 5) is 14.9. The second kappa shape index (κ2) is 8.40. The molecular weight excluding hydrogens is 440 g/mol. The van der Waals surface area contributed by atoms with E-state index >= 15 is 0 Å². The van der Waals surface area contributed by atoms with Gasteiger partial charge < -0.3 is 14.4 Å². The molecule has 1 unspecified atom stereocenters. The summed E-state index contributed by atoms with van der Waals surface area (Å²) >= 11 is 0.960. The zero-order valence-corrected chi connectivity index (χ0v) is 18.9. The second-order valence-electron chi connectivity index (χ2n) is 7.10. The molecule has 9 nitrogen and oxygen atoms in total. The zero-order valence-electron chi connectivity index (χ0n) is 17.3. The van der Waals surface area contributed by atoms with Gasteiger partial charge in [-0.15, -0.1) is 0 Å². The number of carbonyl (C=O) groups excluding carboxylic acids is 1. The van der Waals surface area contributed by atoms with Gasteiger partial charge in [-0.25, -0.2) is 8.42 Å². The Hall–Kier alpha value is -2.76. The number of rotatable bonds is 6. The van der Waals surface area contributed by atoms with Gasteiger partial charge in [-0.1, -0.05) is 6.07 Å². The summed E-state index contributed by atoms with van der Waals surface area (Å²) < 4.78 is 47.1. The van der Waals surface area contributed by atoms with Gasteiger partial charge >= 0.3 is 0 Å². The van der Waals surface area contributed by atoms with Crippen LogP contribution in [0.2, 0.25) is 0 Å². The van der Waals surface area contributed by atoms with Crippen molar-refractivity contribution in [1.82, 2.24) is 13.1 Å². The third-order valence-corrected chi connectivity index (χ3v) is 7.89. The van der Waals surface area contributed by atoms with Gasteiger partial charge in [0.1, 0.15) is 33.5 Å². The van der Waals surface area contributed by atoms with Crippen LogP contribution < -0.4 is 14.4 Å². The molecule has 0 spiro atoms. The summed E-state index contributed by atoms with van der Waals surface area (Å²) in [6.45, 7) is 0.264. The Kier molecular flexibility index (Phi) is 5.82. The number of benzene rings is 2. The molecule has 0 saturated carbocycles. The molecule has 0 aliphatic carbocycles. The fourth-order valence-corrected chi connectivity index (χ4v) is 6.20. The van der Waals surface area contributed by atoms with E-state index in [0.717, 1.165) is 11.7 Å². The van der Waals surface area contributed by atoms with E-state index in [9.17, 15) is 13.2 Å². The molecule has 2 heterocycles. The molecule has 1 fully saturated rings. The SMILES string of the molecule is COc1ccc(N(C)C(=O)C2CCCN2S(=O)(=O)c2cccc3nsnc23)c(OC)c1. The number of aromatic nitrogens is 2. The molecule has 0 N–H and O–H groups in total. The molecule has 164 valence electrons. The predicted molar refractivity (Wildman–Crippen MR) is 117 cm³/mol. The van der Waals surface area contributed by atoms with Crippen molar-refractivity contribution in [3.05, 3.63) is 36.4 Å². The van der Waals surface area contributed by atoms with Crippen LogP contribution in [0.3, 0.4) is 0 Å². The molecule has 1 aliphatic rings. The number of methoxy groups -OCH3 is 2. The van der Waals surface area contributed by atoms with Crippen molar-refractivity contribution in [2.75, 3.05) is 32.7 Å². The molecule has 0 radical (unpaired) electrons. The number of sulfonamides is 1. The molecule has 1 atom stereocenters. The lowest BCUT2D eigenvalue weighted by molar-refractivity contribution is -0.121. The van der Waals surface area contributed by atoms with Crippen molar-refractivity contribution in [3.8, 4) is 11.5 Å². The predicted octanol–water partition coefficient (Wildman–Crippen LogP) is 2.52. The van der Waals surface area contributed by atoms with Crippen LogP contribution in [0.15, 0.2) is 41.3 Å². The van der Waals surface area contributed by atoms with E-state index in [1.807, 2.05) is 0 Å². The number of amides is 1. The summed E-state index contributed by atoms with van der Waals surface area (Å²) in [6.07, 6.45) is 1.03. The lowest BCUT2D eigenvalue weighted by Gasteiger charge is -2.28. The van der Waals surface area contributed by atoms with E-state index in [4.69, 9.17) is 9.47 Å². The monoisotopic (exact) mass is 462 g/mol. The smallest absolute Gasteiger partial charge is 0.246 e. The van der Waals surface area contributed by atoms with Crippen LogP contribution in [0.4, 0.5) is 5.69 Å². The second-order valence-corrected chi connectivity index (χ2v) is 9.48. The van der Waals surface area contributed by atoms with Crippen molar-refractivity contribution in [1.29, 1.82) is 0 Å². The number of carbonyl (C=O) groups is 1. The Morgan fingerprint density at radius 3 is 2.74 bits per heavy atom. The minimum atomic E-state index is -3.93. The molecule has 4 rings (SSSR count). The van der Waals surface area contributed by atoms with Crippen LogP contribution in [-0.2, 0) is 14.8 Å². The Bertz CT molecular complexity index is 1230. The van der Waals surface area contributed by atoms with E-state index in [1.165, 1.54) is 22.4 Å². The van der Waals surface area contributed by atoms with Crippen LogP contribution in [-0.4, -0.2) is 61.2 Å². The highest BCUT2D eigenvalue weighted by Crippen LogP contribution is 2.35. The first kappa shape index (κ1) is 21.5. The largest absolute Gasteiger partial charge is 0.497 e. The molecule has 1 saturated heterocycles. The highest BCUT2D eigenvalue weighted by Gasteiger charge is 2.42. The van der Waals surface area contributed by atoms with Gasteiger partial charge in [-0.3, -0.25) is 4.79 Å². The maximum atomic E-state index is 13.5. The maximum Gasteiger partial charge on any atom is 0.246 e. The average molecular weight is 463 g/mol. The Labute approximate surface area is 184 Å². The average Bonchev–Trinajstić information content (AvgIpc) is 3.47. The minimum Gasteiger partial charge on any atom is -0.497 e. The fraction of sp³-hybridized carbons (Fsp3) is 0.350. The summed E-state index contributed by atoms with van der Waals surface area (Å²) in [5, 5.41) is 0. The van der Waals surface area contributed by atoms with Crippen molar-refractivity contribution < 1.29 is 22.7 Å². The quantitative estimate of drug-likeness (QED) is 0.555. The topological polar surface area (TPSA) is 102 Å². The summed E-state index contributed by atoms with van der Waals surface area (Å²) in [5.74, 6) is 0.727. The Morgan fingerprint density at radius 2 is 2.00 bits per heavy atom. The molecule has 2 aromatic carbocycles. The van der Waals surface area contributed by atoms with Gasteiger partial charge in [-0.2, -0.15) is 13.1 Å². The molecule has 11 heteroatoms. The van der Waals surface area contributed by atoms with E-state index in [2.05, 4.69) is 8.75 Å². The van der Waals surface area contributed by atoms with Crippen LogP contribution in [0.5, 0.6) is 11.5 Å². The van der Waals surface area contributed by atoms with Crippen molar-refractivity contribution in [2.24, 2.45) is 0 Å². The third kappa shape index (κ3) is 3.73. The number of hydrogen-bond acceptors (Lipinski definition) is 8. The Balaban J connectivity index is 1.67. The van der Waals surface area contributed by atoms with Gasteiger partial charge in [-0.05, 0) is 37.1 Å². The molecule has 3 aromatic rings. The number of hydrogen-bond donors (Lipinski definition) is 0. The van der Waals surface area contributed by atoms with Crippen molar-refractivity contribution >= 4 is 44.4 Å². The van der Waals surface area contributed by atoms with E-state index in [0.29, 0.717) is 41.1 Å². The van der Waals surface area contributed by atoms with E-state index < -0.39 is 16.1 Å². The van der Waals surface area contributed by atoms with E-state index in [-0.39, 0.29) is 17.3 Å². The number of ether oxygens (including phenoxy) is 2. The molecule has 1 aromatic heterocycles.